The average Bonchev–Trinajstić information content (AvgIpc) is 2.33. The van der Waals surface area contributed by atoms with Crippen LogP contribution in [0.4, 0.5) is 0 Å². The topological polar surface area (TPSA) is 37.4 Å². The quantitative estimate of drug-likeness (QED) is 0.759. The fraction of sp³-hybridized carbons (Fsp3) is 0.571. The van der Waals surface area contributed by atoms with Gasteiger partial charge in [-0.1, -0.05) is 41.1 Å². The molecule has 3 nitrogen and oxygen atoms in total. The van der Waals surface area contributed by atoms with Gasteiger partial charge in [-0.3, -0.25) is 4.90 Å². The molecule has 0 aliphatic rings. The summed E-state index contributed by atoms with van der Waals surface area (Å²) in [5, 5.41) is 0. The van der Waals surface area contributed by atoms with Crippen LogP contribution < -0.4 is 0 Å². The summed E-state index contributed by atoms with van der Waals surface area (Å²) >= 11 is 3.56. The molecule has 0 bridgehead atoms. The molecule has 0 aliphatic heterocycles. The molecule has 0 aromatic heterocycles. The number of sulfone groups is 1. The molecule has 0 saturated carbocycles. The first-order chi connectivity index (χ1) is 8.85. The van der Waals surface area contributed by atoms with Crippen LogP contribution in [0.1, 0.15) is 31.9 Å². The van der Waals surface area contributed by atoms with E-state index in [1.54, 1.807) is 0 Å². The molecule has 19 heavy (non-hydrogen) atoms. The van der Waals surface area contributed by atoms with Gasteiger partial charge in [0.2, 0.25) is 0 Å². The molecule has 5 heteroatoms. The van der Waals surface area contributed by atoms with Crippen LogP contribution in [0.5, 0.6) is 0 Å². The van der Waals surface area contributed by atoms with E-state index in [2.05, 4.69) is 40.7 Å². The first-order valence-electron chi connectivity index (χ1n) is 6.51. The van der Waals surface area contributed by atoms with Crippen molar-refractivity contribution in [3.63, 3.8) is 0 Å². The number of rotatable bonds is 7. The minimum atomic E-state index is -2.92. The molecule has 0 saturated heterocycles. The zero-order valence-electron chi connectivity index (χ0n) is 11.8. The van der Waals surface area contributed by atoms with Crippen molar-refractivity contribution in [3.8, 4) is 0 Å². The molecular formula is C14H22BrNO2S. The van der Waals surface area contributed by atoms with E-state index in [4.69, 9.17) is 0 Å². The summed E-state index contributed by atoms with van der Waals surface area (Å²) < 4.78 is 23.7. The molecule has 0 N–H and O–H groups in total. The van der Waals surface area contributed by atoms with Gasteiger partial charge < -0.3 is 0 Å². The Morgan fingerprint density at radius 1 is 1.26 bits per heavy atom. The van der Waals surface area contributed by atoms with E-state index < -0.39 is 9.84 Å². The molecule has 0 amide bonds. The second-order valence-corrected chi connectivity index (χ2v) is 7.98. The Hall–Kier alpha value is -0.390. The molecule has 1 unspecified atom stereocenters. The lowest BCUT2D eigenvalue weighted by atomic mass is 10.1. The van der Waals surface area contributed by atoms with Gasteiger partial charge in [0.1, 0.15) is 9.84 Å². The highest BCUT2D eigenvalue weighted by Crippen LogP contribution is 2.27. The van der Waals surface area contributed by atoms with Crippen molar-refractivity contribution in [2.24, 2.45) is 0 Å². The Balaban J connectivity index is 2.83. The molecule has 0 radical (unpaired) electrons. The number of hydrogen-bond donors (Lipinski definition) is 0. The van der Waals surface area contributed by atoms with Gasteiger partial charge in [-0.15, -0.1) is 0 Å². The number of hydrogen-bond acceptors (Lipinski definition) is 3. The van der Waals surface area contributed by atoms with Crippen molar-refractivity contribution in [1.29, 1.82) is 0 Å². The second kappa shape index (κ2) is 7.41. The van der Waals surface area contributed by atoms with Crippen LogP contribution in [-0.4, -0.2) is 38.4 Å². The van der Waals surface area contributed by atoms with Crippen molar-refractivity contribution in [2.45, 2.75) is 26.3 Å². The van der Waals surface area contributed by atoms with Crippen molar-refractivity contribution in [1.82, 2.24) is 4.90 Å². The molecule has 0 heterocycles. The third-order valence-corrected chi connectivity index (χ3v) is 4.81. The van der Waals surface area contributed by atoms with Crippen molar-refractivity contribution in [2.75, 3.05) is 25.1 Å². The van der Waals surface area contributed by atoms with Gasteiger partial charge in [0, 0.05) is 23.3 Å². The molecule has 108 valence electrons. The third kappa shape index (κ3) is 5.63. The zero-order valence-corrected chi connectivity index (χ0v) is 14.2. The Bertz CT molecular complexity index is 502. The van der Waals surface area contributed by atoms with Gasteiger partial charge in [0.25, 0.3) is 0 Å². The monoisotopic (exact) mass is 347 g/mol. The predicted octanol–water partition coefficient (Wildman–Crippen LogP) is 3.27. The van der Waals surface area contributed by atoms with Crippen molar-refractivity contribution < 1.29 is 8.42 Å². The summed E-state index contributed by atoms with van der Waals surface area (Å²) in [4.78, 5) is 2.22. The van der Waals surface area contributed by atoms with Crippen LogP contribution in [0.3, 0.4) is 0 Å². The van der Waals surface area contributed by atoms with Gasteiger partial charge >= 0.3 is 0 Å². The van der Waals surface area contributed by atoms with Crippen molar-refractivity contribution in [3.05, 3.63) is 34.3 Å². The van der Waals surface area contributed by atoms with Gasteiger partial charge in [0.15, 0.2) is 0 Å². The summed E-state index contributed by atoms with van der Waals surface area (Å²) in [6.07, 6.45) is 2.30. The maximum absolute atomic E-state index is 11.3. The van der Waals surface area contributed by atoms with E-state index in [-0.39, 0.29) is 11.8 Å². The Kier molecular flexibility index (Phi) is 6.50. The molecule has 0 fully saturated rings. The summed E-state index contributed by atoms with van der Waals surface area (Å²) in [5.74, 6) is 0.210. The molecule has 0 aliphatic carbocycles. The summed E-state index contributed by atoms with van der Waals surface area (Å²) in [7, 11) is -2.92. The largest absolute Gasteiger partial charge is 0.296 e. The highest BCUT2D eigenvalue weighted by atomic mass is 79.9. The van der Waals surface area contributed by atoms with Crippen LogP contribution >= 0.6 is 15.9 Å². The fourth-order valence-corrected chi connectivity index (χ4v) is 3.26. The summed E-state index contributed by atoms with van der Waals surface area (Å²) in [6.45, 7) is 5.71. The zero-order chi connectivity index (χ0) is 14.5. The smallest absolute Gasteiger partial charge is 0.148 e. The van der Waals surface area contributed by atoms with E-state index in [1.165, 1.54) is 11.8 Å². The average molecular weight is 348 g/mol. The molecule has 1 rings (SSSR count). The molecule has 1 atom stereocenters. The van der Waals surface area contributed by atoms with Crippen LogP contribution in [0.2, 0.25) is 0 Å². The van der Waals surface area contributed by atoms with Gasteiger partial charge in [-0.05, 0) is 31.5 Å². The van der Waals surface area contributed by atoms with Gasteiger partial charge in [-0.2, -0.15) is 0 Å². The van der Waals surface area contributed by atoms with Crippen LogP contribution in [0, 0.1) is 0 Å². The lowest BCUT2D eigenvalue weighted by Crippen LogP contribution is -2.32. The summed E-state index contributed by atoms with van der Waals surface area (Å²) in [5.41, 5.74) is 1.20. The molecule has 1 aromatic rings. The van der Waals surface area contributed by atoms with E-state index in [9.17, 15) is 8.42 Å². The molecular weight excluding hydrogens is 326 g/mol. The summed E-state index contributed by atoms with van der Waals surface area (Å²) in [6, 6.07) is 8.31. The maximum atomic E-state index is 11.3. The highest BCUT2D eigenvalue weighted by Gasteiger charge is 2.18. The second-order valence-electron chi connectivity index (χ2n) is 4.86. The van der Waals surface area contributed by atoms with Crippen LogP contribution in [-0.2, 0) is 9.84 Å². The van der Waals surface area contributed by atoms with E-state index in [1.807, 2.05) is 18.2 Å². The minimum Gasteiger partial charge on any atom is -0.296 e. The van der Waals surface area contributed by atoms with E-state index in [0.29, 0.717) is 6.54 Å². The van der Waals surface area contributed by atoms with Gasteiger partial charge in [0.05, 0.1) is 5.75 Å². The normalized spacial score (nSPS) is 13.7. The lowest BCUT2D eigenvalue weighted by Gasteiger charge is -2.29. The fourth-order valence-electron chi connectivity index (χ4n) is 2.08. The predicted molar refractivity (Wildman–Crippen MR) is 84.1 cm³/mol. The number of benzene rings is 1. The third-order valence-electron chi connectivity index (χ3n) is 3.16. The Morgan fingerprint density at radius 3 is 2.42 bits per heavy atom. The van der Waals surface area contributed by atoms with Gasteiger partial charge in [-0.25, -0.2) is 8.42 Å². The lowest BCUT2D eigenvalue weighted by molar-refractivity contribution is 0.223. The molecule has 1 aromatic carbocycles. The van der Waals surface area contributed by atoms with Crippen molar-refractivity contribution >= 4 is 25.8 Å². The van der Waals surface area contributed by atoms with Crippen LogP contribution in [0.25, 0.3) is 0 Å². The highest BCUT2D eigenvalue weighted by molar-refractivity contribution is 9.10. The Labute approximate surface area is 125 Å². The van der Waals surface area contributed by atoms with E-state index >= 15 is 0 Å². The maximum Gasteiger partial charge on any atom is 0.148 e. The standard InChI is InChI=1S/C14H22BrNO2S/c1-4-9-16(10-11-19(3,17)18)12(2)13-7-5-6-8-14(13)15/h5-8,12H,4,9-11H2,1-3H3. The number of halogens is 1. The molecule has 0 spiro atoms. The van der Waals surface area contributed by atoms with E-state index in [0.717, 1.165) is 17.4 Å². The SMILES string of the molecule is CCCN(CCS(C)(=O)=O)C(C)c1ccccc1Br. The Morgan fingerprint density at radius 2 is 1.89 bits per heavy atom. The first kappa shape index (κ1) is 16.7. The first-order valence-corrected chi connectivity index (χ1v) is 9.36. The van der Waals surface area contributed by atoms with Crippen LogP contribution in [0.15, 0.2) is 28.7 Å². The number of nitrogens with zero attached hydrogens (tertiary/aromatic N) is 1. The minimum absolute atomic E-state index is 0.206.